The normalized spacial score (nSPS) is 17.4. The van der Waals surface area contributed by atoms with Crippen LogP contribution in [0.4, 0.5) is 18.9 Å². The number of hydrogen-bond donors (Lipinski definition) is 1. The number of nitrogens with one attached hydrogen (secondary N) is 1. The van der Waals surface area contributed by atoms with Crippen LogP contribution < -0.4 is 25.2 Å². The third kappa shape index (κ3) is 5.51. The summed E-state index contributed by atoms with van der Waals surface area (Å²) in [6, 6.07) is 12.2. The second-order valence-electron chi connectivity index (χ2n) is 8.79. The van der Waals surface area contributed by atoms with Crippen molar-refractivity contribution >= 4 is 17.5 Å². The zero-order valence-corrected chi connectivity index (χ0v) is 20.9. The van der Waals surface area contributed by atoms with E-state index < -0.39 is 35.9 Å². The second kappa shape index (κ2) is 10.6. The van der Waals surface area contributed by atoms with Crippen LogP contribution in [-0.4, -0.2) is 42.4 Å². The van der Waals surface area contributed by atoms with Crippen LogP contribution in [0.5, 0.6) is 11.5 Å². The quantitative estimate of drug-likeness (QED) is 0.500. The number of hydrogen-bond acceptors (Lipinski definition) is 5. The fourth-order valence-electron chi connectivity index (χ4n) is 4.51. The van der Waals surface area contributed by atoms with E-state index >= 15 is 0 Å². The van der Waals surface area contributed by atoms with Crippen LogP contribution in [-0.2, 0) is 11.3 Å². The van der Waals surface area contributed by atoms with Gasteiger partial charge in [-0.25, -0.2) is 0 Å². The highest BCUT2D eigenvalue weighted by Gasteiger charge is 2.44. The maximum Gasteiger partial charge on any atom is 0.573 e. The van der Waals surface area contributed by atoms with Gasteiger partial charge < -0.3 is 24.3 Å². The van der Waals surface area contributed by atoms with Crippen molar-refractivity contribution in [3.63, 3.8) is 0 Å². The molecule has 200 valence electrons. The molecule has 0 spiro atoms. The lowest BCUT2D eigenvalue weighted by Gasteiger charge is -2.19. The number of benzene rings is 2. The number of alkyl halides is 3. The van der Waals surface area contributed by atoms with Crippen molar-refractivity contribution in [3.05, 3.63) is 87.8 Å². The summed E-state index contributed by atoms with van der Waals surface area (Å²) >= 11 is 0. The zero-order chi connectivity index (χ0) is 27.6. The summed E-state index contributed by atoms with van der Waals surface area (Å²) in [5.74, 6) is -1.50. The molecule has 4 rings (SSSR count). The SMILES string of the molecule is CCn1ccc(C)c(N2C[C@@H](c3ccc(OC)cc3)C(NC(=O)c3ccc(OC(F)(F)F)cc3)C2=O)c1=O. The molecule has 3 aromatic rings. The topological polar surface area (TPSA) is 89.9 Å². The van der Waals surface area contributed by atoms with Crippen molar-refractivity contribution in [2.24, 2.45) is 0 Å². The maximum absolute atomic E-state index is 13.7. The van der Waals surface area contributed by atoms with E-state index in [2.05, 4.69) is 10.1 Å². The molecule has 2 atom stereocenters. The summed E-state index contributed by atoms with van der Waals surface area (Å²) in [5, 5.41) is 2.72. The van der Waals surface area contributed by atoms with Gasteiger partial charge in [0, 0.05) is 30.8 Å². The molecule has 1 saturated heterocycles. The lowest BCUT2D eigenvalue weighted by molar-refractivity contribution is -0.274. The number of aryl methyl sites for hydroxylation is 2. The van der Waals surface area contributed by atoms with Crippen LogP contribution in [0.1, 0.15) is 34.3 Å². The number of carbonyl (C=O) groups excluding carboxylic acids is 2. The van der Waals surface area contributed by atoms with Crippen molar-refractivity contribution in [1.82, 2.24) is 9.88 Å². The molecule has 0 aliphatic carbocycles. The van der Waals surface area contributed by atoms with E-state index in [1.165, 1.54) is 28.7 Å². The van der Waals surface area contributed by atoms with Gasteiger partial charge in [0.25, 0.3) is 11.5 Å². The number of methoxy groups -OCH3 is 1. The molecule has 2 amide bonds. The van der Waals surface area contributed by atoms with Crippen molar-refractivity contribution in [1.29, 1.82) is 0 Å². The van der Waals surface area contributed by atoms with Crippen molar-refractivity contribution in [2.75, 3.05) is 18.6 Å². The number of nitrogens with zero attached hydrogens (tertiary/aromatic N) is 2. The van der Waals surface area contributed by atoms with Gasteiger partial charge in [0.2, 0.25) is 5.91 Å². The van der Waals surface area contributed by atoms with E-state index in [-0.39, 0.29) is 23.4 Å². The summed E-state index contributed by atoms with van der Waals surface area (Å²) in [5.41, 5.74) is 1.33. The Bertz CT molecular complexity index is 1390. The summed E-state index contributed by atoms with van der Waals surface area (Å²) in [6.45, 7) is 4.12. The molecule has 1 aromatic heterocycles. The van der Waals surface area contributed by atoms with Gasteiger partial charge in [-0.2, -0.15) is 0 Å². The van der Waals surface area contributed by atoms with Crippen LogP contribution in [0.15, 0.2) is 65.6 Å². The first-order valence-corrected chi connectivity index (χ1v) is 11.8. The average Bonchev–Trinajstić information content (AvgIpc) is 3.19. The molecule has 0 radical (unpaired) electrons. The van der Waals surface area contributed by atoms with Crippen LogP contribution in [0.3, 0.4) is 0 Å². The smallest absolute Gasteiger partial charge is 0.497 e. The minimum atomic E-state index is -4.86. The maximum atomic E-state index is 13.7. The molecule has 0 bridgehead atoms. The Morgan fingerprint density at radius 1 is 1.03 bits per heavy atom. The van der Waals surface area contributed by atoms with Gasteiger partial charge in [0.15, 0.2) is 0 Å². The Hall–Kier alpha value is -4.28. The molecule has 0 saturated carbocycles. The number of aromatic nitrogens is 1. The number of rotatable bonds is 7. The van der Waals surface area contributed by atoms with E-state index in [9.17, 15) is 27.6 Å². The highest BCUT2D eigenvalue weighted by molar-refractivity contribution is 6.05. The van der Waals surface area contributed by atoms with Gasteiger partial charge in [0.05, 0.1) is 7.11 Å². The fourth-order valence-corrected chi connectivity index (χ4v) is 4.51. The van der Waals surface area contributed by atoms with Crippen LogP contribution in [0, 0.1) is 6.92 Å². The van der Waals surface area contributed by atoms with Gasteiger partial charge in [-0.15, -0.1) is 13.2 Å². The van der Waals surface area contributed by atoms with Gasteiger partial charge in [0.1, 0.15) is 23.2 Å². The van der Waals surface area contributed by atoms with Crippen molar-refractivity contribution in [3.8, 4) is 11.5 Å². The van der Waals surface area contributed by atoms with Crippen LogP contribution in [0.25, 0.3) is 0 Å². The Labute approximate surface area is 216 Å². The Balaban J connectivity index is 1.67. The standard InChI is InChI=1S/C27H26F3N3O5/c1-4-32-14-13-16(2)23(26(32)36)33-15-21(17-5-9-19(37-3)10-6-17)22(25(33)35)31-24(34)18-7-11-20(12-8-18)38-27(28,29)30/h5-14,21-22H,4,15H2,1-3H3,(H,31,34)/t21-,22?/m0/s1. The number of amides is 2. The molecule has 1 fully saturated rings. The number of ether oxygens (including phenoxy) is 2. The predicted molar refractivity (Wildman–Crippen MR) is 134 cm³/mol. The largest absolute Gasteiger partial charge is 0.573 e. The van der Waals surface area contributed by atoms with E-state index in [4.69, 9.17) is 4.74 Å². The van der Waals surface area contributed by atoms with Crippen LogP contribution >= 0.6 is 0 Å². The van der Waals surface area contributed by atoms with Crippen molar-refractivity contribution in [2.45, 2.75) is 38.7 Å². The van der Waals surface area contributed by atoms with Gasteiger partial charge in [-0.05, 0) is 67.4 Å². The molecule has 1 unspecified atom stereocenters. The minimum absolute atomic E-state index is 0.0449. The van der Waals surface area contributed by atoms with Gasteiger partial charge in [-0.1, -0.05) is 12.1 Å². The van der Waals surface area contributed by atoms with E-state index in [0.29, 0.717) is 17.9 Å². The molecule has 1 N–H and O–H groups in total. The molecule has 1 aliphatic heterocycles. The fraction of sp³-hybridized carbons (Fsp3) is 0.296. The van der Waals surface area contributed by atoms with E-state index in [1.54, 1.807) is 43.5 Å². The summed E-state index contributed by atoms with van der Waals surface area (Å²) in [7, 11) is 1.53. The predicted octanol–water partition coefficient (Wildman–Crippen LogP) is 4.01. The van der Waals surface area contributed by atoms with Gasteiger partial charge >= 0.3 is 6.36 Å². The molecule has 8 nitrogen and oxygen atoms in total. The molecular weight excluding hydrogens is 503 g/mol. The highest BCUT2D eigenvalue weighted by Crippen LogP contribution is 2.33. The monoisotopic (exact) mass is 529 g/mol. The molecule has 2 heterocycles. The van der Waals surface area contributed by atoms with Crippen molar-refractivity contribution < 1.29 is 32.2 Å². The van der Waals surface area contributed by atoms with E-state index in [1.807, 2.05) is 6.92 Å². The number of anilines is 1. The number of pyridine rings is 1. The number of halogens is 3. The Morgan fingerprint density at radius 3 is 2.24 bits per heavy atom. The highest BCUT2D eigenvalue weighted by atomic mass is 19.4. The first-order chi connectivity index (χ1) is 18.0. The first-order valence-electron chi connectivity index (χ1n) is 11.8. The molecule has 38 heavy (non-hydrogen) atoms. The molecular formula is C27H26F3N3O5. The Morgan fingerprint density at radius 2 is 1.66 bits per heavy atom. The zero-order valence-electron chi connectivity index (χ0n) is 20.9. The Kier molecular flexibility index (Phi) is 7.47. The lowest BCUT2D eigenvalue weighted by Crippen LogP contribution is -2.44. The van der Waals surface area contributed by atoms with E-state index in [0.717, 1.165) is 17.7 Å². The van der Waals surface area contributed by atoms with Crippen LogP contribution in [0.2, 0.25) is 0 Å². The summed E-state index contributed by atoms with van der Waals surface area (Å²) < 4.78 is 48.0. The lowest BCUT2D eigenvalue weighted by atomic mass is 9.93. The molecule has 1 aliphatic rings. The molecule has 2 aromatic carbocycles. The first kappa shape index (κ1) is 26.8. The molecule has 11 heteroatoms. The second-order valence-corrected chi connectivity index (χ2v) is 8.79. The minimum Gasteiger partial charge on any atom is -0.497 e. The third-order valence-electron chi connectivity index (χ3n) is 6.45. The average molecular weight is 530 g/mol. The summed E-state index contributed by atoms with van der Waals surface area (Å²) in [4.78, 5) is 41.3. The number of carbonyl (C=O) groups is 2. The third-order valence-corrected chi connectivity index (χ3v) is 6.45. The summed E-state index contributed by atoms with van der Waals surface area (Å²) in [6.07, 6.45) is -3.20. The van der Waals surface area contributed by atoms with Gasteiger partial charge in [-0.3, -0.25) is 14.4 Å².